The molecular weight excluding hydrogens is 326 g/mol. The van der Waals surface area contributed by atoms with Crippen molar-refractivity contribution in [2.24, 2.45) is 5.41 Å². The molecule has 0 heterocycles. The van der Waals surface area contributed by atoms with Gasteiger partial charge in [0.2, 0.25) is 0 Å². The smallest absolute Gasteiger partial charge is 0.267 e. The third kappa shape index (κ3) is 4.48. The molecule has 0 saturated carbocycles. The first kappa shape index (κ1) is 19.2. The Bertz CT molecular complexity index is 815. The number of amides is 2. The summed E-state index contributed by atoms with van der Waals surface area (Å²) in [5, 5.41) is 10.3. The van der Waals surface area contributed by atoms with Crippen LogP contribution >= 0.6 is 0 Å². The van der Waals surface area contributed by atoms with Gasteiger partial charge in [0, 0.05) is 11.1 Å². The fourth-order valence-electron chi connectivity index (χ4n) is 2.30. The van der Waals surface area contributed by atoms with Crippen molar-refractivity contribution in [1.82, 2.24) is 10.4 Å². The normalized spacial score (nSPS) is 12.0. The van der Waals surface area contributed by atoms with Gasteiger partial charge < -0.3 is 0 Å². The molecule has 5 heteroatoms. The summed E-state index contributed by atoms with van der Waals surface area (Å²) in [7, 11) is 0. The molecule has 2 amide bonds. The van der Waals surface area contributed by atoms with Gasteiger partial charge in [-0.2, -0.15) is 5.26 Å². The molecule has 1 atom stereocenters. The number of carbonyl (C=O) groups excluding carboxylic acids is 2. The predicted molar refractivity (Wildman–Crippen MR) is 100 cm³/mol. The highest BCUT2D eigenvalue weighted by molar-refractivity contribution is 5.99. The van der Waals surface area contributed by atoms with Crippen molar-refractivity contribution in [3.63, 3.8) is 0 Å². The van der Waals surface area contributed by atoms with Crippen molar-refractivity contribution in [2.75, 3.05) is 0 Å². The van der Waals surface area contributed by atoms with Crippen molar-refractivity contribution in [3.05, 3.63) is 71.3 Å². The SMILES string of the molecule is CC(N(NC(=O)c1ccccc1)C(=O)c1ccc(C#N)cc1)C(C)(C)C. The van der Waals surface area contributed by atoms with Crippen LogP contribution in [0.4, 0.5) is 0 Å². The largest absolute Gasteiger partial charge is 0.272 e. The third-order valence-corrected chi connectivity index (χ3v) is 4.38. The van der Waals surface area contributed by atoms with Crippen LogP contribution in [0, 0.1) is 16.7 Å². The first-order valence-corrected chi connectivity index (χ1v) is 8.44. The average molecular weight is 349 g/mol. The highest BCUT2D eigenvalue weighted by Gasteiger charge is 2.32. The summed E-state index contributed by atoms with van der Waals surface area (Å²) in [5.74, 6) is -0.662. The Morgan fingerprint density at radius 3 is 2.08 bits per heavy atom. The Morgan fingerprint density at radius 1 is 1.00 bits per heavy atom. The zero-order valence-corrected chi connectivity index (χ0v) is 15.5. The minimum atomic E-state index is -0.344. The van der Waals surface area contributed by atoms with E-state index in [0.29, 0.717) is 16.7 Å². The molecule has 0 aromatic heterocycles. The molecule has 0 aliphatic heterocycles. The Hall–Kier alpha value is -3.13. The van der Waals surface area contributed by atoms with Crippen molar-refractivity contribution in [1.29, 1.82) is 5.26 Å². The van der Waals surface area contributed by atoms with E-state index in [9.17, 15) is 9.59 Å². The monoisotopic (exact) mass is 349 g/mol. The van der Waals surface area contributed by atoms with E-state index in [1.165, 1.54) is 5.01 Å². The summed E-state index contributed by atoms with van der Waals surface area (Å²) in [6.07, 6.45) is 0. The lowest BCUT2D eigenvalue weighted by molar-refractivity contribution is 0.0337. The van der Waals surface area contributed by atoms with E-state index in [-0.39, 0.29) is 23.3 Å². The predicted octanol–water partition coefficient (Wildman–Crippen LogP) is 3.78. The van der Waals surface area contributed by atoms with E-state index in [0.717, 1.165) is 0 Å². The fourth-order valence-corrected chi connectivity index (χ4v) is 2.30. The Kier molecular flexibility index (Phi) is 5.78. The van der Waals surface area contributed by atoms with Crippen LogP contribution in [0.2, 0.25) is 0 Å². The Labute approximate surface area is 154 Å². The van der Waals surface area contributed by atoms with Crippen LogP contribution in [0.5, 0.6) is 0 Å². The van der Waals surface area contributed by atoms with Gasteiger partial charge in [-0.3, -0.25) is 15.0 Å². The summed E-state index contributed by atoms with van der Waals surface area (Å²) in [5.41, 5.74) is 3.87. The number of hydrogen-bond acceptors (Lipinski definition) is 3. The highest BCUT2D eigenvalue weighted by Crippen LogP contribution is 2.24. The van der Waals surface area contributed by atoms with E-state index in [1.54, 1.807) is 48.5 Å². The topological polar surface area (TPSA) is 73.2 Å². The maximum atomic E-state index is 13.0. The molecule has 1 unspecified atom stereocenters. The first-order chi connectivity index (χ1) is 12.2. The second-order valence-corrected chi connectivity index (χ2v) is 7.21. The maximum absolute atomic E-state index is 13.0. The van der Waals surface area contributed by atoms with Gasteiger partial charge in [0.1, 0.15) is 0 Å². The molecule has 1 N–H and O–H groups in total. The molecule has 0 saturated heterocycles. The summed E-state index contributed by atoms with van der Waals surface area (Å²) >= 11 is 0. The molecule has 5 nitrogen and oxygen atoms in total. The molecule has 0 fully saturated rings. The molecule has 0 spiro atoms. The van der Waals surface area contributed by atoms with E-state index in [4.69, 9.17) is 5.26 Å². The minimum absolute atomic E-state index is 0.244. The lowest BCUT2D eigenvalue weighted by Gasteiger charge is -2.37. The molecule has 0 aliphatic carbocycles. The fraction of sp³-hybridized carbons (Fsp3) is 0.286. The van der Waals surface area contributed by atoms with Crippen LogP contribution in [0.3, 0.4) is 0 Å². The van der Waals surface area contributed by atoms with Crippen LogP contribution < -0.4 is 5.43 Å². The lowest BCUT2D eigenvalue weighted by Crippen LogP contribution is -2.55. The quantitative estimate of drug-likeness (QED) is 0.857. The standard InChI is InChI=1S/C21H23N3O2/c1-15(21(2,3)4)24(23-19(25)17-8-6-5-7-9-17)20(26)18-12-10-16(14-22)11-13-18/h5-13,15H,1-4H3,(H,23,25). The second-order valence-electron chi connectivity index (χ2n) is 7.21. The summed E-state index contributed by atoms with van der Waals surface area (Å²) in [6.45, 7) is 7.91. The summed E-state index contributed by atoms with van der Waals surface area (Å²) < 4.78 is 0. The number of hydrazine groups is 1. The number of hydrogen-bond donors (Lipinski definition) is 1. The van der Waals surface area contributed by atoms with Gasteiger partial charge in [0.05, 0.1) is 17.7 Å². The highest BCUT2D eigenvalue weighted by atomic mass is 16.2. The first-order valence-electron chi connectivity index (χ1n) is 8.44. The third-order valence-electron chi connectivity index (χ3n) is 4.38. The van der Waals surface area contributed by atoms with E-state index in [1.807, 2.05) is 39.8 Å². The van der Waals surface area contributed by atoms with E-state index >= 15 is 0 Å². The number of rotatable bonds is 3. The van der Waals surface area contributed by atoms with Gasteiger partial charge in [-0.1, -0.05) is 39.0 Å². The minimum Gasteiger partial charge on any atom is -0.267 e. The van der Waals surface area contributed by atoms with E-state index in [2.05, 4.69) is 5.43 Å². The molecule has 2 aromatic rings. The lowest BCUT2D eigenvalue weighted by atomic mass is 9.87. The maximum Gasteiger partial charge on any atom is 0.272 e. The van der Waals surface area contributed by atoms with Gasteiger partial charge in [0.25, 0.3) is 11.8 Å². The van der Waals surface area contributed by atoms with Crippen LogP contribution in [0.15, 0.2) is 54.6 Å². The van der Waals surface area contributed by atoms with Gasteiger partial charge in [0.15, 0.2) is 0 Å². The van der Waals surface area contributed by atoms with Crippen LogP contribution in [0.1, 0.15) is 54.0 Å². The van der Waals surface area contributed by atoms with Crippen molar-refractivity contribution >= 4 is 11.8 Å². The molecular formula is C21H23N3O2. The summed E-state index contributed by atoms with van der Waals surface area (Å²) in [6, 6.07) is 16.9. The summed E-state index contributed by atoms with van der Waals surface area (Å²) in [4.78, 5) is 25.6. The Balaban J connectivity index is 2.32. The Morgan fingerprint density at radius 2 is 1.58 bits per heavy atom. The molecule has 2 aromatic carbocycles. The van der Waals surface area contributed by atoms with Crippen molar-refractivity contribution < 1.29 is 9.59 Å². The number of carbonyl (C=O) groups is 2. The zero-order valence-electron chi connectivity index (χ0n) is 15.5. The second kappa shape index (κ2) is 7.83. The molecule has 26 heavy (non-hydrogen) atoms. The van der Waals surface area contributed by atoms with Crippen LogP contribution in [0.25, 0.3) is 0 Å². The number of nitrogens with zero attached hydrogens (tertiary/aromatic N) is 2. The number of benzene rings is 2. The number of nitriles is 1. The van der Waals surface area contributed by atoms with Gasteiger partial charge in [-0.25, -0.2) is 5.01 Å². The van der Waals surface area contributed by atoms with Gasteiger partial charge in [-0.15, -0.1) is 0 Å². The van der Waals surface area contributed by atoms with Gasteiger partial charge in [-0.05, 0) is 48.7 Å². The molecule has 2 rings (SSSR count). The molecule has 134 valence electrons. The number of nitrogens with one attached hydrogen (secondary N) is 1. The van der Waals surface area contributed by atoms with Gasteiger partial charge >= 0.3 is 0 Å². The van der Waals surface area contributed by atoms with Crippen molar-refractivity contribution in [2.45, 2.75) is 33.7 Å². The molecule has 0 radical (unpaired) electrons. The van der Waals surface area contributed by atoms with Crippen LogP contribution in [-0.2, 0) is 0 Å². The van der Waals surface area contributed by atoms with Crippen LogP contribution in [-0.4, -0.2) is 22.9 Å². The van der Waals surface area contributed by atoms with E-state index < -0.39 is 0 Å². The average Bonchev–Trinajstić information content (AvgIpc) is 2.65. The van der Waals surface area contributed by atoms with Crippen molar-refractivity contribution in [3.8, 4) is 6.07 Å². The zero-order chi connectivity index (χ0) is 19.3. The molecule has 0 aliphatic rings. The molecule has 0 bridgehead atoms.